The molecule has 1 fully saturated rings. The predicted octanol–water partition coefficient (Wildman–Crippen LogP) is 4.04. The van der Waals surface area contributed by atoms with E-state index in [2.05, 4.69) is 16.9 Å². The van der Waals surface area contributed by atoms with Crippen LogP contribution in [0.5, 0.6) is 0 Å². The number of benzene rings is 1. The van der Waals surface area contributed by atoms with E-state index in [0.29, 0.717) is 21.9 Å². The predicted molar refractivity (Wildman–Crippen MR) is 117 cm³/mol. The normalized spacial score (nSPS) is 16.9. The third-order valence-electron chi connectivity index (χ3n) is 5.58. The van der Waals surface area contributed by atoms with Gasteiger partial charge in [-0.2, -0.15) is 0 Å². The summed E-state index contributed by atoms with van der Waals surface area (Å²) in [5, 5.41) is 0.427. The lowest BCUT2D eigenvalue weighted by atomic mass is 10.0. The zero-order valence-corrected chi connectivity index (χ0v) is 18.0. The first-order chi connectivity index (χ1) is 14.5. The van der Waals surface area contributed by atoms with E-state index in [-0.39, 0.29) is 29.1 Å². The van der Waals surface area contributed by atoms with Gasteiger partial charge in [0.05, 0.1) is 17.0 Å². The number of aryl methyl sites for hydroxylation is 1. The number of hydrogen-bond acceptors (Lipinski definition) is 4. The summed E-state index contributed by atoms with van der Waals surface area (Å²) in [4.78, 5) is 35.8. The summed E-state index contributed by atoms with van der Waals surface area (Å²) < 4.78 is 14.9. The molecule has 1 saturated heterocycles. The Morgan fingerprint density at radius 2 is 2.07 bits per heavy atom. The van der Waals surface area contributed by atoms with Crippen molar-refractivity contribution in [3.05, 3.63) is 52.2 Å². The maximum Gasteiger partial charge on any atom is 0.283 e. The molecular weight excluding hydrogens is 403 g/mol. The van der Waals surface area contributed by atoms with Gasteiger partial charge in [0.15, 0.2) is 5.16 Å². The summed E-state index contributed by atoms with van der Waals surface area (Å²) in [5.41, 5.74) is 2.05. The molecule has 1 aliphatic heterocycles. The standard InChI is InChI=1S/C22H25FN4O2S/c1-3-16-6-4-5-11-26(16)19(28)13-30-22-25-18-12-14(2)24-20(18)21(29)27(22)17-9-7-15(23)8-10-17/h7-10,12,16,24H,3-6,11,13H2,1-2H3/t16-/m0/s1. The van der Waals surface area contributed by atoms with Gasteiger partial charge in [-0.05, 0) is 62.9 Å². The number of H-pyrrole nitrogens is 1. The molecule has 3 aromatic rings. The van der Waals surface area contributed by atoms with Gasteiger partial charge in [-0.15, -0.1) is 0 Å². The van der Waals surface area contributed by atoms with Crippen LogP contribution in [0.1, 0.15) is 38.3 Å². The van der Waals surface area contributed by atoms with Crippen molar-refractivity contribution >= 4 is 28.7 Å². The number of amides is 1. The van der Waals surface area contributed by atoms with Crippen LogP contribution in [0.2, 0.25) is 0 Å². The van der Waals surface area contributed by atoms with Crippen LogP contribution in [0.4, 0.5) is 4.39 Å². The van der Waals surface area contributed by atoms with E-state index in [4.69, 9.17) is 0 Å². The first kappa shape index (κ1) is 20.7. The van der Waals surface area contributed by atoms with Crippen LogP contribution < -0.4 is 5.56 Å². The van der Waals surface area contributed by atoms with Crippen molar-refractivity contribution in [2.45, 2.75) is 50.7 Å². The molecule has 0 saturated carbocycles. The molecular formula is C22H25FN4O2S. The second-order valence-corrected chi connectivity index (χ2v) is 8.60. The minimum atomic E-state index is -0.378. The number of likely N-dealkylation sites (tertiary alicyclic amines) is 1. The quantitative estimate of drug-likeness (QED) is 0.492. The van der Waals surface area contributed by atoms with Crippen molar-refractivity contribution in [2.75, 3.05) is 12.3 Å². The highest BCUT2D eigenvalue weighted by atomic mass is 32.2. The van der Waals surface area contributed by atoms with E-state index in [1.54, 1.807) is 12.1 Å². The fourth-order valence-electron chi connectivity index (χ4n) is 4.05. The summed E-state index contributed by atoms with van der Waals surface area (Å²) in [5.74, 6) is -0.104. The maximum absolute atomic E-state index is 13.4. The van der Waals surface area contributed by atoms with Gasteiger partial charge in [0.2, 0.25) is 5.91 Å². The van der Waals surface area contributed by atoms with Crippen molar-refractivity contribution in [1.82, 2.24) is 19.4 Å². The van der Waals surface area contributed by atoms with E-state index in [0.717, 1.165) is 37.9 Å². The first-order valence-corrected chi connectivity index (χ1v) is 11.3. The number of fused-ring (bicyclic) bond motifs is 1. The number of piperidine rings is 1. The molecule has 2 aromatic heterocycles. The van der Waals surface area contributed by atoms with Gasteiger partial charge in [-0.1, -0.05) is 18.7 Å². The maximum atomic E-state index is 13.4. The molecule has 6 nitrogen and oxygen atoms in total. The molecule has 1 aromatic carbocycles. The van der Waals surface area contributed by atoms with Gasteiger partial charge in [-0.25, -0.2) is 9.37 Å². The number of thioether (sulfide) groups is 1. The van der Waals surface area contributed by atoms with Crippen molar-refractivity contribution in [3.8, 4) is 5.69 Å². The van der Waals surface area contributed by atoms with Crippen LogP contribution in [0.15, 0.2) is 40.3 Å². The summed E-state index contributed by atoms with van der Waals surface area (Å²) in [6.07, 6.45) is 4.17. The van der Waals surface area contributed by atoms with Crippen LogP contribution >= 0.6 is 11.8 Å². The van der Waals surface area contributed by atoms with Gasteiger partial charge in [-0.3, -0.25) is 14.2 Å². The molecule has 0 aliphatic carbocycles. The minimum absolute atomic E-state index is 0.0665. The van der Waals surface area contributed by atoms with E-state index >= 15 is 0 Å². The summed E-state index contributed by atoms with van der Waals surface area (Å²) in [6, 6.07) is 7.81. The number of carbonyl (C=O) groups is 1. The molecule has 1 N–H and O–H groups in total. The zero-order valence-electron chi connectivity index (χ0n) is 17.2. The lowest BCUT2D eigenvalue weighted by Crippen LogP contribution is -2.44. The van der Waals surface area contributed by atoms with Crippen LogP contribution in [-0.4, -0.2) is 43.7 Å². The number of carbonyl (C=O) groups excluding carboxylic acids is 1. The Morgan fingerprint density at radius 3 is 2.80 bits per heavy atom. The van der Waals surface area contributed by atoms with Crippen molar-refractivity contribution in [1.29, 1.82) is 0 Å². The van der Waals surface area contributed by atoms with Gasteiger partial charge < -0.3 is 9.88 Å². The summed E-state index contributed by atoms with van der Waals surface area (Å²) in [7, 11) is 0. The number of hydrogen-bond donors (Lipinski definition) is 1. The van der Waals surface area contributed by atoms with Gasteiger partial charge in [0.25, 0.3) is 5.56 Å². The van der Waals surface area contributed by atoms with Crippen molar-refractivity contribution in [2.24, 2.45) is 0 Å². The first-order valence-electron chi connectivity index (χ1n) is 10.3. The lowest BCUT2D eigenvalue weighted by Gasteiger charge is -2.35. The second-order valence-electron chi connectivity index (χ2n) is 7.66. The van der Waals surface area contributed by atoms with Crippen molar-refractivity contribution < 1.29 is 9.18 Å². The molecule has 1 atom stereocenters. The second kappa shape index (κ2) is 8.63. The lowest BCUT2D eigenvalue weighted by molar-refractivity contribution is -0.132. The third-order valence-corrected chi connectivity index (χ3v) is 6.51. The molecule has 4 rings (SSSR count). The average molecular weight is 429 g/mol. The topological polar surface area (TPSA) is 71.0 Å². The number of nitrogens with zero attached hydrogens (tertiary/aromatic N) is 3. The van der Waals surface area contributed by atoms with Crippen LogP contribution in [0, 0.1) is 12.7 Å². The van der Waals surface area contributed by atoms with Gasteiger partial charge in [0, 0.05) is 18.3 Å². The Hall–Kier alpha value is -2.61. The Bertz CT molecular complexity index is 1120. The summed E-state index contributed by atoms with van der Waals surface area (Å²) >= 11 is 1.25. The Morgan fingerprint density at radius 1 is 1.30 bits per heavy atom. The molecule has 0 unspecified atom stereocenters. The molecule has 3 heterocycles. The Balaban J connectivity index is 1.68. The molecule has 158 valence electrons. The molecule has 0 bridgehead atoms. The highest BCUT2D eigenvalue weighted by Crippen LogP contribution is 2.25. The minimum Gasteiger partial charge on any atom is -0.353 e. The van der Waals surface area contributed by atoms with Crippen LogP contribution in [0.25, 0.3) is 16.7 Å². The number of aromatic amines is 1. The van der Waals surface area contributed by atoms with E-state index in [1.165, 1.54) is 28.5 Å². The highest BCUT2D eigenvalue weighted by molar-refractivity contribution is 7.99. The Kier molecular flexibility index (Phi) is 5.94. The monoisotopic (exact) mass is 428 g/mol. The fourth-order valence-corrected chi connectivity index (χ4v) is 4.95. The average Bonchev–Trinajstić information content (AvgIpc) is 3.13. The van der Waals surface area contributed by atoms with Crippen LogP contribution in [-0.2, 0) is 4.79 Å². The van der Waals surface area contributed by atoms with E-state index in [9.17, 15) is 14.0 Å². The largest absolute Gasteiger partial charge is 0.353 e. The third kappa shape index (κ3) is 4.01. The molecule has 30 heavy (non-hydrogen) atoms. The Labute approximate surface area is 178 Å². The number of aromatic nitrogens is 3. The zero-order chi connectivity index (χ0) is 21.3. The van der Waals surface area contributed by atoms with Gasteiger partial charge in [0.1, 0.15) is 11.3 Å². The molecule has 0 radical (unpaired) electrons. The van der Waals surface area contributed by atoms with E-state index < -0.39 is 0 Å². The summed E-state index contributed by atoms with van der Waals surface area (Å²) in [6.45, 7) is 4.76. The van der Waals surface area contributed by atoms with Gasteiger partial charge >= 0.3 is 0 Å². The van der Waals surface area contributed by atoms with E-state index in [1.807, 2.05) is 17.9 Å². The highest BCUT2D eigenvalue weighted by Gasteiger charge is 2.26. The SMILES string of the molecule is CC[C@H]1CCCCN1C(=O)CSc1nc2cc(C)[nH]c2c(=O)n1-c1ccc(F)cc1. The fraction of sp³-hybridized carbons (Fsp3) is 0.409. The smallest absolute Gasteiger partial charge is 0.283 e. The number of halogens is 1. The molecule has 1 amide bonds. The number of rotatable bonds is 5. The molecule has 8 heteroatoms. The van der Waals surface area contributed by atoms with Crippen LogP contribution in [0.3, 0.4) is 0 Å². The molecule has 1 aliphatic rings. The number of nitrogens with one attached hydrogen (secondary N) is 1. The molecule has 0 spiro atoms. The van der Waals surface area contributed by atoms with Crippen molar-refractivity contribution in [3.63, 3.8) is 0 Å².